The summed E-state index contributed by atoms with van der Waals surface area (Å²) in [6.07, 6.45) is -2.28. The zero-order valence-electron chi connectivity index (χ0n) is 13.8. The van der Waals surface area contributed by atoms with Crippen molar-refractivity contribution < 1.29 is 26.3 Å². The molecule has 0 unspecified atom stereocenters. The average Bonchev–Trinajstić information content (AvgIpc) is 3.00. The molecule has 0 aliphatic heterocycles. The monoisotopic (exact) mass is 419 g/mol. The van der Waals surface area contributed by atoms with Crippen LogP contribution in [0, 0.1) is 5.82 Å². The molecule has 144 valence electrons. The summed E-state index contributed by atoms with van der Waals surface area (Å²) in [7, 11) is -3.06. The fraction of sp³-hybridized carbons (Fsp3) is 0.188. The Hall–Kier alpha value is -2.46. The molecule has 0 atom stereocenters. The SMILES string of the molecule is COc1nc(NS(=O)(=O)c2c[nH]c3cc(Cl)ccc23)c(F)cc1CC(F)F. The van der Waals surface area contributed by atoms with Gasteiger partial charge in [-0.3, -0.25) is 4.72 Å². The first-order chi connectivity index (χ1) is 12.7. The van der Waals surface area contributed by atoms with Crippen LogP contribution >= 0.6 is 11.6 Å². The third-order valence-corrected chi connectivity index (χ3v) is 5.32. The van der Waals surface area contributed by atoms with E-state index in [4.69, 9.17) is 16.3 Å². The van der Waals surface area contributed by atoms with E-state index in [0.717, 1.165) is 13.2 Å². The summed E-state index contributed by atoms with van der Waals surface area (Å²) in [5.74, 6) is -2.05. The van der Waals surface area contributed by atoms with E-state index in [1.54, 1.807) is 0 Å². The number of H-pyrrole nitrogens is 1. The lowest BCUT2D eigenvalue weighted by atomic mass is 10.2. The van der Waals surface area contributed by atoms with Crippen molar-refractivity contribution in [2.24, 2.45) is 0 Å². The number of hydrogen-bond acceptors (Lipinski definition) is 4. The third kappa shape index (κ3) is 3.96. The molecule has 6 nitrogen and oxygen atoms in total. The van der Waals surface area contributed by atoms with E-state index in [1.807, 2.05) is 4.72 Å². The zero-order valence-corrected chi connectivity index (χ0v) is 15.3. The molecule has 0 aliphatic rings. The lowest BCUT2D eigenvalue weighted by Crippen LogP contribution is -2.16. The fourth-order valence-electron chi connectivity index (χ4n) is 2.55. The van der Waals surface area contributed by atoms with Crippen molar-refractivity contribution in [2.75, 3.05) is 11.8 Å². The van der Waals surface area contributed by atoms with E-state index in [2.05, 4.69) is 9.97 Å². The molecule has 0 saturated carbocycles. The molecular weight excluding hydrogens is 407 g/mol. The topological polar surface area (TPSA) is 84.1 Å². The van der Waals surface area contributed by atoms with Crippen molar-refractivity contribution in [1.29, 1.82) is 0 Å². The van der Waals surface area contributed by atoms with Gasteiger partial charge in [0.25, 0.3) is 10.0 Å². The van der Waals surface area contributed by atoms with E-state index >= 15 is 0 Å². The van der Waals surface area contributed by atoms with Gasteiger partial charge in [-0.15, -0.1) is 0 Å². The molecule has 2 heterocycles. The van der Waals surface area contributed by atoms with Crippen LogP contribution in [-0.2, 0) is 16.4 Å². The van der Waals surface area contributed by atoms with E-state index in [9.17, 15) is 21.6 Å². The first kappa shape index (κ1) is 19.3. The molecule has 0 amide bonds. The summed E-state index contributed by atoms with van der Waals surface area (Å²) < 4.78 is 71.6. The molecule has 0 radical (unpaired) electrons. The number of halogens is 4. The minimum Gasteiger partial charge on any atom is -0.481 e. The molecule has 0 aliphatic carbocycles. The van der Waals surface area contributed by atoms with E-state index in [-0.39, 0.29) is 16.3 Å². The van der Waals surface area contributed by atoms with E-state index < -0.39 is 34.5 Å². The number of anilines is 1. The quantitative estimate of drug-likeness (QED) is 0.633. The zero-order chi connectivity index (χ0) is 19.8. The molecular formula is C16H13ClF3N3O3S. The molecule has 0 bridgehead atoms. The van der Waals surface area contributed by atoms with Gasteiger partial charge in [0, 0.05) is 34.1 Å². The highest BCUT2D eigenvalue weighted by atomic mass is 35.5. The molecule has 1 aromatic carbocycles. The van der Waals surface area contributed by atoms with Gasteiger partial charge in [-0.05, 0) is 24.3 Å². The van der Waals surface area contributed by atoms with Crippen LogP contribution in [0.4, 0.5) is 19.0 Å². The Morgan fingerprint density at radius 1 is 1.33 bits per heavy atom. The molecule has 2 N–H and O–H groups in total. The number of aromatic nitrogens is 2. The molecule has 11 heteroatoms. The molecule has 2 aromatic heterocycles. The Labute approximate surface area is 157 Å². The standard InChI is InChI=1S/C16H13ClF3N3O3S/c1-26-16-8(5-14(19)20)4-11(18)15(22-16)23-27(24,25)13-7-21-12-6-9(17)2-3-10(12)13/h2-4,6-7,14,21H,5H2,1H3,(H,22,23). The van der Waals surface area contributed by atoms with Gasteiger partial charge in [-0.1, -0.05) is 11.6 Å². The Morgan fingerprint density at radius 2 is 2.07 bits per heavy atom. The number of sulfonamides is 1. The van der Waals surface area contributed by atoms with Crippen molar-refractivity contribution in [3.05, 3.63) is 46.9 Å². The second-order valence-electron chi connectivity index (χ2n) is 5.53. The van der Waals surface area contributed by atoms with Gasteiger partial charge in [0.2, 0.25) is 12.3 Å². The van der Waals surface area contributed by atoms with Crippen LogP contribution in [-0.4, -0.2) is 31.9 Å². The number of alkyl halides is 2. The van der Waals surface area contributed by atoms with Crippen LogP contribution < -0.4 is 9.46 Å². The van der Waals surface area contributed by atoms with Crippen LogP contribution in [0.1, 0.15) is 5.56 Å². The number of fused-ring (bicyclic) bond motifs is 1. The van der Waals surface area contributed by atoms with Gasteiger partial charge in [0.1, 0.15) is 4.90 Å². The van der Waals surface area contributed by atoms with Crippen LogP contribution in [0.15, 0.2) is 35.4 Å². The fourth-order valence-corrected chi connectivity index (χ4v) is 3.91. The van der Waals surface area contributed by atoms with Gasteiger partial charge in [0.05, 0.1) is 7.11 Å². The Morgan fingerprint density at radius 3 is 2.74 bits per heavy atom. The lowest BCUT2D eigenvalue weighted by molar-refractivity contribution is 0.147. The molecule has 27 heavy (non-hydrogen) atoms. The van der Waals surface area contributed by atoms with Gasteiger partial charge in [-0.25, -0.2) is 21.6 Å². The first-order valence-electron chi connectivity index (χ1n) is 7.52. The summed E-state index contributed by atoms with van der Waals surface area (Å²) in [4.78, 5) is 6.30. The predicted octanol–water partition coefficient (Wildman–Crippen LogP) is 3.97. The largest absolute Gasteiger partial charge is 0.481 e. The van der Waals surface area contributed by atoms with Crippen molar-refractivity contribution in [1.82, 2.24) is 9.97 Å². The van der Waals surface area contributed by atoms with Crippen molar-refractivity contribution >= 4 is 38.3 Å². The van der Waals surface area contributed by atoms with Crippen molar-refractivity contribution in [3.63, 3.8) is 0 Å². The summed E-state index contributed by atoms with van der Waals surface area (Å²) in [5.41, 5.74) is 0.302. The van der Waals surface area contributed by atoms with Crippen molar-refractivity contribution in [2.45, 2.75) is 17.7 Å². The number of nitrogens with one attached hydrogen (secondary N) is 2. The minimum absolute atomic E-state index is 0.147. The maximum Gasteiger partial charge on any atom is 0.265 e. The number of aromatic amines is 1. The number of benzene rings is 1. The summed E-state index contributed by atoms with van der Waals surface area (Å²) in [5, 5.41) is 0.752. The highest BCUT2D eigenvalue weighted by Gasteiger charge is 2.23. The highest BCUT2D eigenvalue weighted by molar-refractivity contribution is 7.93. The number of hydrogen-bond donors (Lipinski definition) is 2. The van der Waals surface area contributed by atoms with Crippen LogP contribution in [0.3, 0.4) is 0 Å². The maximum atomic E-state index is 14.2. The minimum atomic E-state index is -4.22. The van der Waals surface area contributed by atoms with E-state index in [1.165, 1.54) is 24.4 Å². The molecule has 0 spiro atoms. The third-order valence-electron chi connectivity index (χ3n) is 3.71. The first-order valence-corrected chi connectivity index (χ1v) is 9.38. The van der Waals surface area contributed by atoms with Crippen LogP contribution in [0.25, 0.3) is 10.9 Å². The van der Waals surface area contributed by atoms with Crippen LogP contribution in [0.2, 0.25) is 5.02 Å². The van der Waals surface area contributed by atoms with Gasteiger partial charge >= 0.3 is 0 Å². The normalized spacial score (nSPS) is 11.9. The van der Waals surface area contributed by atoms with Gasteiger partial charge < -0.3 is 9.72 Å². The Bertz CT molecular complexity index is 1100. The number of methoxy groups -OCH3 is 1. The maximum absolute atomic E-state index is 14.2. The summed E-state index contributed by atoms with van der Waals surface area (Å²) in [6, 6.07) is 5.32. The average molecular weight is 420 g/mol. The summed E-state index contributed by atoms with van der Waals surface area (Å²) in [6.45, 7) is 0. The van der Waals surface area contributed by atoms with Gasteiger partial charge in [0.15, 0.2) is 11.6 Å². The number of pyridine rings is 1. The summed E-state index contributed by atoms with van der Waals surface area (Å²) >= 11 is 5.86. The lowest BCUT2D eigenvalue weighted by Gasteiger charge is -2.12. The number of rotatable bonds is 6. The van der Waals surface area contributed by atoms with Crippen LogP contribution in [0.5, 0.6) is 5.88 Å². The molecule has 3 rings (SSSR count). The van der Waals surface area contributed by atoms with E-state index in [0.29, 0.717) is 15.9 Å². The molecule has 0 saturated heterocycles. The van der Waals surface area contributed by atoms with Crippen molar-refractivity contribution in [3.8, 4) is 5.88 Å². The number of ether oxygens (including phenoxy) is 1. The van der Waals surface area contributed by atoms with Gasteiger partial charge in [-0.2, -0.15) is 4.98 Å². The second-order valence-corrected chi connectivity index (χ2v) is 7.62. The highest BCUT2D eigenvalue weighted by Crippen LogP contribution is 2.29. The second kappa shape index (κ2) is 7.28. The Balaban J connectivity index is 2.00. The smallest absolute Gasteiger partial charge is 0.265 e. The predicted molar refractivity (Wildman–Crippen MR) is 94.6 cm³/mol. The molecule has 0 fully saturated rings. The molecule has 3 aromatic rings. The number of nitrogens with zero attached hydrogens (tertiary/aromatic N) is 1. The Kier molecular flexibility index (Phi) is 5.20.